The summed E-state index contributed by atoms with van der Waals surface area (Å²) in [6.45, 7) is 6.45. The monoisotopic (exact) mass is 305 g/mol. The number of nitrogens with zero attached hydrogens (tertiary/aromatic N) is 4. The van der Waals surface area contributed by atoms with E-state index < -0.39 is 0 Å². The van der Waals surface area contributed by atoms with Crippen LogP contribution >= 0.6 is 0 Å². The molecule has 4 nitrogen and oxygen atoms in total. The number of hydrogen-bond acceptors (Lipinski definition) is 1. The Morgan fingerprint density at radius 3 is 2.39 bits per heavy atom. The van der Waals surface area contributed by atoms with Crippen LogP contribution in [0.15, 0.2) is 36.4 Å². The van der Waals surface area contributed by atoms with Crippen molar-refractivity contribution in [1.82, 2.24) is 14.3 Å². The molecule has 4 rings (SSSR count). The fourth-order valence-corrected chi connectivity index (χ4v) is 3.36. The maximum absolute atomic E-state index is 4.77. The van der Waals surface area contributed by atoms with Gasteiger partial charge in [-0.3, -0.25) is 0 Å². The van der Waals surface area contributed by atoms with Crippen LogP contribution in [-0.4, -0.2) is 14.3 Å². The summed E-state index contributed by atoms with van der Waals surface area (Å²) >= 11 is 0. The Morgan fingerprint density at radius 1 is 0.957 bits per heavy atom. The summed E-state index contributed by atoms with van der Waals surface area (Å²) in [5.74, 6) is 2.07. The van der Waals surface area contributed by atoms with Crippen LogP contribution in [0.1, 0.15) is 17.0 Å². The molecule has 0 aliphatic rings. The van der Waals surface area contributed by atoms with Gasteiger partial charge in [0, 0.05) is 22.8 Å². The van der Waals surface area contributed by atoms with E-state index in [0.717, 1.165) is 11.8 Å². The first-order valence-corrected chi connectivity index (χ1v) is 7.90. The van der Waals surface area contributed by atoms with Gasteiger partial charge in [0.25, 0.3) is 0 Å². The van der Waals surface area contributed by atoms with E-state index in [1.807, 2.05) is 11.7 Å². The van der Waals surface area contributed by atoms with E-state index in [1.54, 1.807) is 0 Å². The lowest BCUT2D eigenvalue weighted by atomic mass is 10.1. The zero-order valence-corrected chi connectivity index (χ0v) is 14.3. The molecule has 0 saturated carbocycles. The highest BCUT2D eigenvalue weighted by Gasteiger charge is 2.25. The molecule has 2 aromatic heterocycles. The number of rotatable bonds is 1. The van der Waals surface area contributed by atoms with Crippen LogP contribution in [0, 0.1) is 20.8 Å². The van der Waals surface area contributed by atoms with Crippen molar-refractivity contribution in [2.24, 2.45) is 14.1 Å². The fraction of sp³-hybridized carbons (Fsp3) is 0.263. The third kappa shape index (κ3) is 1.78. The molecule has 23 heavy (non-hydrogen) atoms. The predicted molar refractivity (Wildman–Crippen MR) is 92.9 cm³/mol. The molecule has 0 amide bonds. The molecule has 0 fully saturated rings. The van der Waals surface area contributed by atoms with E-state index >= 15 is 0 Å². The Bertz CT molecular complexity index is 1070. The minimum atomic E-state index is 0.949. The molecule has 0 aliphatic carbocycles. The molecular formula is C19H21N4+. The summed E-state index contributed by atoms with van der Waals surface area (Å²) in [5.41, 5.74) is 5.06. The number of hydrogen-bond donors (Lipinski definition) is 0. The topological polar surface area (TPSA) is 26.6 Å². The average molecular weight is 305 g/mol. The van der Waals surface area contributed by atoms with E-state index in [-0.39, 0.29) is 0 Å². The summed E-state index contributed by atoms with van der Waals surface area (Å²) in [5, 5.41) is 7.32. The average Bonchev–Trinajstić information content (AvgIpc) is 3.01. The van der Waals surface area contributed by atoms with Crippen molar-refractivity contribution in [2.45, 2.75) is 20.8 Å². The molecule has 0 unspecified atom stereocenters. The number of para-hydroxylation sites is 1. The SMILES string of the molecule is Cc1ccc2c3ccccc3n(-c3nn(C)c(C)[n+]3C)c2c1C. The van der Waals surface area contributed by atoms with Crippen LogP contribution in [0.5, 0.6) is 0 Å². The summed E-state index contributed by atoms with van der Waals surface area (Å²) in [6, 6.07) is 13.0. The fourth-order valence-electron chi connectivity index (χ4n) is 3.36. The van der Waals surface area contributed by atoms with Crippen LogP contribution in [0.3, 0.4) is 0 Å². The highest BCUT2D eigenvalue weighted by Crippen LogP contribution is 2.33. The second-order valence-corrected chi connectivity index (χ2v) is 6.29. The third-order valence-corrected chi connectivity index (χ3v) is 5.05. The van der Waals surface area contributed by atoms with Crippen LogP contribution in [-0.2, 0) is 14.1 Å². The number of aromatic nitrogens is 4. The van der Waals surface area contributed by atoms with Crippen LogP contribution in [0.25, 0.3) is 27.8 Å². The molecule has 2 heterocycles. The molecule has 4 heteroatoms. The molecule has 0 atom stereocenters. The van der Waals surface area contributed by atoms with Crippen molar-refractivity contribution in [3.63, 3.8) is 0 Å². The van der Waals surface area contributed by atoms with Gasteiger partial charge in [-0.1, -0.05) is 30.3 Å². The van der Waals surface area contributed by atoms with Gasteiger partial charge in [-0.2, -0.15) is 0 Å². The molecule has 0 spiro atoms. The summed E-state index contributed by atoms with van der Waals surface area (Å²) in [7, 11) is 4.06. The van der Waals surface area contributed by atoms with Gasteiger partial charge >= 0.3 is 5.95 Å². The first-order chi connectivity index (χ1) is 11.0. The molecule has 0 aliphatic heterocycles. The molecule has 0 bridgehead atoms. The van der Waals surface area contributed by atoms with E-state index in [1.165, 1.54) is 32.9 Å². The van der Waals surface area contributed by atoms with Crippen molar-refractivity contribution in [2.75, 3.05) is 0 Å². The molecule has 0 saturated heterocycles. The van der Waals surface area contributed by atoms with Gasteiger partial charge in [0.1, 0.15) is 11.0 Å². The van der Waals surface area contributed by atoms with Crippen molar-refractivity contribution >= 4 is 21.8 Å². The molecule has 0 radical (unpaired) electrons. The Kier molecular flexibility index (Phi) is 2.85. The largest absolute Gasteiger partial charge is 0.389 e. The van der Waals surface area contributed by atoms with E-state index in [9.17, 15) is 0 Å². The summed E-state index contributed by atoms with van der Waals surface area (Å²) in [6.07, 6.45) is 0. The quantitative estimate of drug-likeness (QED) is 0.496. The Morgan fingerprint density at radius 2 is 1.70 bits per heavy atom. The number of fused-ring (bicyclic) bond motifs is 3. The third-order valence-electron chi connectivity index (χ3n) is 5.05. The molecule has 4 aromatic rings. The lowest BCUT2D eigenvalue weighted by molar-refractivity contribution is -0.672. The van der Waals surface area contributed by atoms with Gasteiger partial charge in [-0.25, -0.2) is 9.13 Å². The molecule has 0 N–H and O–H groups in total. The minimum absolute atomic E-state index is 0.949. The normalized spacial score (nSPS) is 11.7. The maximum atomic E-state index is 4.77. The Balaban J connectivity index is 2.28. The van der Waals surface area contributed by atoms with E-state index in [2.05, 4.69) is 73.4 Å². The predicted octanol–water partition coefficient (Wildman–Crippen LogP) is 3.27. The lowest BCUT2D eigenvalue weighted by Crippen LogP contribution is -2.35. The van der Waals surface area contributed by atoms with E-state index in [4.69, 9.17) is 5.10 Å². The van der Waals surface area contributed by atoms with Crippen LogP contribution in [0.4, 0.5) is 0 Å². The standard InChI is InChI=1S/C19H21N4/c1-12-10-11-16-15-8-6-7-9-17(15)23(18(16)13(12)2)19-20-22(5)14(3)21(19)4/h6-11H,1-5H3/q+1. The van der Waals surface area contributed by atoms with Gasteiger partial charge in [-0.05, 0) is 31.0 Å². The van der Waals surface area contributed by atoms with Crippen molar-refractivity contribution in [3.05, 3.63) is 53.3 Å². The smallest absolute Gasteiger partial charge is 0.227 e. The second-order valence-electron chi connectivity index (χ2n) is 6.29. The van der Waals surface area contributed by atoms with E-state index in [0.29, 0.717) is 0 Å². The van der Waals surface area contributed by atoms with Gasteiger partial charge < -0.3 is 0 Å². The zero-order valence-electron chi connectivity index (χ0n) is 14.3. The van der Waals surface area contributed by atoms with Gasteiger partial charge in [0.15, 0.2) is 0 Å². The van der Waals surface area contributed by atoms with Gasteiger partial charge in [-0.15, -0.1) is 4.68 Å². The second kappa shape index (κ2) is 4.69. The lowest BCUT2D eigenvalue weighted by Gasteiger charge is -2.04. The number of aryl methyl sites for hydroxylation is 3. The highest BCUT2D eigenvalue weighted by atomic mass is 15.4. The van der Waals surface area contributed by atoms with Crippen LogP contribution in [0.2, 0.25) is 0 Å². The number of benzene rings is 2. The Labute approximate surface area is 135 Å². The highest BCUT2D eigenvalue weighted by molar-refractivity contribution is 6.10. The van der Waals surface area contributed by atoms with Gasteiger partial charge in [0.05, 0.1) is 14.1 Å². The zero-order chi connectivity index (χ0) is 16.3. The summed E-state index contributed by atoms with van der Waals surface area (Å²) < 4.78 is 6.37. The maximum Gasteiger partial charge on any atom is 0.389 e. The Hall–Kier alpha value is -2.62. The molecular weight excluding hydrogens is 284 g/mol. The molecule has 116 valence electrons. The van der Waals surface area contributed by atoms with Crippen LogP contribution < -0.4 is 4.57 Å². The first-order valence-electron chi connectivity index (χ1n) is 7.90. The van der Waals surface area contributed by atoms with Crippen molar-refractivity contribution in [3.8, 4) is 5.95 Å². The minimum Gasteiger partial charge on any atom is -0.227 e. The first kappa shape index (κ1) is 14.0. The van der Waals surface area contributed by atoms with Crippen molar-refractivity contribution < 1.29 is 4.57 Å². The summed E-state index contributed by atoms with van der Waals surface area (Å²) in [4.78, 5) is 0. The van der Waals surface area contributed by atoms with Gasteiger partial charge in [0.2, 0.25) is 5.82 Å². The van der Waals surface area contributed by atoms with Crippen molar-refractivity contribution in [1.29, 1.82) is 0 Å². The molecule has 2 aromatic carbocycles.